The third-order valence-electron chi connectivity index (χ3n) is 6.62. The van der Waals surface area contributed by atoms with E-state index in [4.69, 9.17) is 53.7 Å². The minimum absolute atomic E-state index is 0.133. The smallest absolute Gasteiger partial charge is 0.282 e. The number of rotatable bonds is 8. The Labute approximate surface area is 279 Å². The number of methoxy groups -OCH3 is 1. The summed E-state index contributed by atoms with van der Waals surface area (Å²) in [6, 6.07) is 22.2. The molecule has 0 aliphatic carbocycles. The highest BCUT2D eigenvalue weighted by Crippen LogP contribution is 2.42. The minimum atomic E-state index is -0.416. The summed E-state index contributed by atoms with van der Waals surface area (Å²) in [7, 11) is 1.44. The van der Waals surface area contributed by atoms with Gasteiger partial charge in [0.1, 0.15) is 10.6 Å². The molecule has 6 rings (SSSR count). The van der Waals surface area contributed by atoms with Crippen LogP contribution in [-0.2, 0) is 4.79 Å². The molecule has 6 aromatic rings. The summed E-state index contributed by atoms with van der Waals surface area (Å²) in [5.74, 6) is 0.467. The number of aromatic nitrogens is 2. The Morgan fingerprint density at radius 3 is 2.58 bits per heavy atom. The Bertz CT molecular complexity index is 2180. The number of para-hydroxylation sites is 1. The Hall–Kier alpha value is -4.35. The first-order chi connectivity index (χ1) is 21.7. The second-order valence-electron chi connectivity index (χ2n) is 9.58. The van der Waals surface area contributed by atoms with Crippen molar-refractivity contribution < 1.29 is 18.7 Å². The van der Waals surface area contributed by atoms with Gasteiger partial charge in [0.25, 0.3) is 11.5 Å². The van der Waals surface area contributed by atoms with Crippen molar-refractivity contribution in [1.82, 2.24) is 9.66 Å². The molecule has 0 aliphatic rings. The van der Waals surface area contributed by atoms with E-state index in [9.17, 15) is 9.59 Å². The van der Waals surface area contributed by atoms with Gasteiger partial charge in [0.05, 0.1) is 24.2 Å². The predicted octanol–water partition coefficient (Wildman–Crippen LogP) is 8.44. The molecule has 9 nitrogen and oxygen atoms in total. The monoisotopic (exact) mass is 724 g/mol. The molecule has 45 heavy (non-hydrogen) atoms. The highest BCUT2D eigenvalue weighted by atomic mass is 79.9. The van der Waals surface area contributed by atoms with Gasteiger partial charge in [-0.05, 0) is 82.7 Å². The number of amides is 1. The van der Waals surface area contributed by atoms with Gasteiger partial charge in [0, 0.05) is 31.2 Å². The molecule has 0 spiro atoms. The number of hydrogen-bond acceptors (Lipinski definition) is 7. The molecule has 0 radical (unpaired) electrons. The Morgan fingerprint density at radius 2 is 1.80 bits per heavy atom. The van der Waals surface area contributed by atoms with Crippen LogP contribution in [0.4, 0.5) is 5.69 Å². The van der Waals surface area contributed by atoms with Crippen LogP contribution in [-0.4, -0.2) is 35.5 Å². The van der Waals surface area contributed by atoms with Crippen LogP contribution < -0.4 is 20.3 Å². The Balaban J connectivity index is 1.34. The molecule has 0 atom stereocenters. The van der Waals surface area contributed by atoms with E-state index in [1.165, 1.54) is 13.3 Å². The summed E-state index contributed by atoms with van der Waals surface area (Å²) in [6.07, 6.45) is 1.43. The Kier molecular flexibility index (Phi) is 8.82. The fraction of sp³-hybridized carbons (Fsp3) is 0.0625. The molecule has 0 fully saturated rings. The number of anilines is 1. The molecule has 0 saturated carbocycles. The molecule has 0 aliphatic heterocycles. The number of fused-ring (bicyclic) bond motifs is 2. The van der Waals surface area contributed by atoms with Crippen molar-refractivity contribution in [3.63, 3.8) is 0 Å². The summed E-state index contributed by atoms with van der Waals surface area (Å²) in [5, 5.41) is 9.55. The van der Waals surface area contributed by atoms with E-state index < -0.39 is 11.5 Å². The van der Waals surface area contributed by atoms with Crippen molar-refractivity contribution in [3.8, 4) is 23.1 Å². The third-order valence-corrected chi connectivity index (χ3v) is 8.55. The van der Waals surface area contributed by atoms with Crippen LogP contribution in [0.2, 0.25) is 15.1 Å². The third kappa shape index (κ3) is 6.41. The number of hydrogen-bond donors (Lipinski definition) is 1. The molecular weight excluding hydrogens is 707 g/mol. The summed E-state index contributed by atoms with van der Waals surface area (Å²) < 4.78 is 18.8. The fourth-order valence-corrected chi connectivity index (χ4v) is 5.45. The predicted molar refractivity (Wildman–Crippen MR) is 180 cm³/mol. The highest BCUT2D eigenvalue weighted by molar-refractivity contribution is 9.10. The molecule has 226 valence electrons. The lowest BCUT2D eigenvalue weighted by atomic mass is 10.2. The van der Waals surface area contributed by atoms with E-state index >= 15 is 0 Å². The molecule has 2 heterocycles. The lowest BCUT2D eigenvalue weighted by molar-refractivity contribution is -0.118. The average molecular weight is 727 g/mol. The molecule has 1 amide bonds. The van der Waals surface area contributed by atoms with E-state index in [-0.39, 0.29) is 29.0 Å². The molecule has 0 unspecified atom stereocenters. The highest BCUT2D eigenvalue weighted by Gasteiger charge is 2.20. The van der Waals surface area contributed by atoms with Gasteiger partial charge in [-0.15, -0.1) is 0 Å². The van der Waals surface area contributed by atoms with Gasteiger partial charge in [-0.25, -0.2) is 4.98 Å². The van der Waals surface area contributed by atoms with Gasteiger partial charge in [-0.2, -0.15) is 9.78 Å². The van der Waals surface area contributed by atoms with Gasteiger partial charge in [0.15, 0.2) is 23.9 Å². The molecule has 0 bridgehead atoms. The van der Waals surface area contributed by atoms with Gasteiger partial charge in [-0.1, -0.05) is 46.9 Å². The van der Waals surface area contributed by atoms with Crippen LogP contribution in [0.5, 0.6) is 11.5 Å². The zero-order valence-electron chi connectivity index (χ0n) is 23.2. The molecule has 0 saturated heterocycles. The van der Waals surface area contributed by atoms with Crippen LogP contribution >= 0.6 is 50.7 Å². The summed E-state index contributed by atoms with van der Waals surface area (Å²) in [6.45, 7) is -0.344. The summed E-state index contributed by atoms with van der Waals surface area (Å²) >= 11 is 22.2. The van der Waals surface area contributed by atoms with Crippen molar-refractivity contribution in [2.24, 2.45) is 5.10 Å². The number of halogens is 4. The van der Waals surface area contributed by atoms with E-state index in [1.807, 2.05) is 0 Å². The van der Waals surface area contributed by atoms with Crippen LogP contribution in [0.25, 0.3) is 33.5 Å². The van der Waals surface area contributed by atoms with E-state index in [1.54, 1.807) is 78.9 Å². The zero-order valence-corrected chi connectivity index (χ0v) is 27.0. The van der Waals surface area contributed by atoms with Crippen molar-refractivity contribution in [2.75, 3.05) is 19.0 Å². The van der Waals surface area contributed by atoms with Gasteiger partial charge < -0.3 is 19.2 Å². The number of nitrogens with one attached hydrogen (secondary N) is 1. The second kappa shape index (κ2) is 12.9. The quantitative estimate of drug-likeness (QED) is 0.158. The minimum Gasteiger partial charge on any atom is -0.493 e. The number of nitrogens with zero attached hydrogens (tertiary/aromatic N) is 3. The first-order valence-corrected chi connectivity index (χ1v) is 15.1. The standard InChI is InChI=1S/C32H20BrCl3N4O5/c1-43-25-14-18(28(33)29(36)30(25)44-16-27(41)38-21-9-6-19(34)7-10-21)15-37-40-31(39-23-5-3-2-4-22(23)32(40)42)26-13-17-12-20(35)8-11-24(17)45-26/h2-15H,16H2,1H3,(H,38,41). The maximum atomic E-state index is 13.7. The van der Waals surface area contributed by atoms with Crippen molar-refractivity contribution >= 4 is 90.4 Å². The maximum Gasteiger partial charge on any atom is 0.282 e. The first-order valence-electron chi connectivity index (χ1n) is 13.2. The van der Waals surface area contributed by atoms with Crippen LogP contribution in [0.1, 0.15) is 5.56 Å². The van der Waals surface area contributed by atoms with Crippen molar-refractivity contribution in [3.05, 3.63) is 114 Å². The number of furan rings is 1. The number of benzene rings is 4. The SMILES string of the molecule is COc1cc(C=Nn2c(-c3cc4cc(Cl)ccc4o3)nc3ccccc3c2=O)c(Br)c(Cl)c1OCC(=O)Nc1ccc(Cl)cc1. The lowest BCUT2D eigenvalue weighted by Gasteiger charge is -2.15. The van der Waals surface area contributed by atoms with Crippen LogP contribution in [0, 0.1) is 0 Å². The summed E-state index contributed by atoms with van der Waals surface area (Å²) in [5.41, 5.74) is 1.66. The number of carbonyl (C=O) groups excluding carboxylic acids is 1. The zero-order chi connectivity index (χ0) is 31.7. The van der Waals surface area contributed by atoms with Crippen molar-refractivity contribution in [1.29, 1.82) is 0 Å². The maximum absolute atomic E-state index is 13.7. The van der Waals surface area contributed by atoms with E-state index in [0.29, 0.717) is 48.0 Å². The first kappa shape index (κ1) is 30.7. The molecule has 2 aromatic heterocycles. The van der Waals surface area contributed by atoms with Gasteiger partial charge >= 0.3 is 0 Å². The largest absolute Gasteiger partial charge is 0.493 e. The number of ether oxygens (including phenoxy) is 2. The van der Waals surface area contributed by atoms with E-state index in [0.717, 1.165) is 10.1 Å². The molecular formula is C32H20BrCl3N4O5. The topological polar surface area (TPSA) is 108 Å². The normalized spacial score (nSPS) is 11.4. The summed E-state index contributed by atoms with van der Waals surface area (Å²) in [4.78, 5) is 30.9. The average Bonchev–Trinajstić information content (AvgIpc) is 3.46. The van der Waals surface area contributed by atoms with Crippen LogP contribution in [0.3, 0.4) is 0 Å². The van der Waals surface area contributed by atoms with E-state index in [2.05, 4.69) is 26.3 Å². The number of carbonyl (C=O) groups is 1. The lowest BCUT2D eigenvalue weighted by Crippen LogP contribution is -2.20. The second-order valence-corrected chi connectivity index (χ2v) is 11.6. The fourth-order valence-electron chi connectivity index (χ4n) is 4.49. The molecule has 4 aromatic carbocycles. The molecule has 1 N–H and O–H groups in total. The molecule has 13 heteroatoms. The Morgan fingerprint density at radius 1 is 1.04 bits per heavy atom. The van der Waals surface area contributed by atoms with Gasteiger partial charge in [0.2, 0.25) is 5.82 Å². The van der Waals surface area contributed by atoms with Crippen LogP contribution in [0.15, 0.2) is 97.6 Å². The van der Waals surface area contributed by atoms with Crippen molar-refractivity contribution in [2.45, 2.75) is 0 Å². The van der Waals surface area contributed by atoms with Gasteiger partial charge in [-0.3, -0.25) is 9.59 Å².